The molecule has 0 radical (unpaired) electrons. The van der Waals surface area contributed by atoms with E-state index in [4.69, 9.17) is 0 Å². The van der Waals surface area contributed by atoms with Gasteiger partial charge in [-0.15, -0.1) is 0 Å². The predicted octanol–water partition coefficient (Wildman–Crippen LogP) is 6.00. The van der Waals surface area contributed by atoms with E-state index in [1.54, 1.807) is 23.0 Å². The molecule has 176 valence electrons. The highest BCUT2D eigenvalue weighted by atomic mass is 19.4. The number of benzene rings is 3. The molecule has 3 aromatic carbocycles. The molecule has 4 aromatic rings. The van der Waals surface area contributed by atoms with E-state index < -0.39 is 18.5 Å². The van der Waals surface area contributed by atoms with Gasteiger partial charge in [0.2, 0.25) is 5.91 Å². The molecule has 2 unspecified atom stereocenters. The fraction of sp³-hybridized carbons (Fsp3) is 0.231. The van der Waals surface area contributed by atoms with Crippen molar-refractivity contribution < 1.29 is 22.4 Å². The van der Waals surface area contributed by atoms with Crippen molar-refractivity contribution in [3.63, 3.8) is 0 Å². The van der Waals surface area contributed by atoms with Crippen molar-refractivity contribution in [3.8, 4) is 5.69 Å². The van der Waals surface area contributed by atoms with E-state index in [1.165, 1.54) is 12.1 Å². The van der Waals surface area contributed by atoms with Crippen LogP contribution in [0.3, 0.4) is 0 Å². The summed E-state index contributed by atoms with van der Waals surface area (Å²) in [5.74, 6) is -1.71. The van der Waals surface area contributed by atoms with Gasteiger partial charge in [0.1, 0.15) is 12.2 Å². The molecule has 8 heteroatoms. The third-order valence-corrected chi connectivity index (χ3v) is 5.73. The minimum Gasteiger partial charge on any atom is -0.356 e. The number of carbonyl (C=O) groups is 1. The van der Waals surface area contributed by atoms with Crippen LogP contribution < -0.4 is 5.32 Å². The van der Waals surface area contributed by atoms with Gasteiger partial charge in [-0.3, -0.25) is 4.79 Å². The first-order valence-electron chi connectivity index (χ1n) is 10.8. The second-order valence-corrected chi connectivity index (χ2v) is 8.31. The normalized spacial score (nSPS) is 13.6. The second-order valence-electron chi connectivity index (χ2n) is 8.31. The maximum absolute atomic E-state index is 13.3. The molecule has 2 atom stereocenters. The van der Waals surface area contributed by atoms with Gasteiger partial charge in [-0.25, -0.2) is 9.07 Å². The summed E-state index contributed by atoms with van der Waals surface area (Å²) >= 11 is 0. The third kappa shape index (κ3) is 5.44. The summed E-state index contributed by atoms with van der Waals surface area (Å²) in [4.78, 5) is 11.7. The van der Waals surface area contributed by atoms with E-state index in [0.717, 1.165) is 27.7 Å². The van der Waals surface area contributed by atoms with Gasteiger partial charge < -0.3 is 5.32 Å². The molecule has 0 aliphatic heterocycles. The van der Waals surface area contributed by atoms with E-state index in [1.807, 2.05) is 55.5 Å². The van der Waals surface area contributed by atoms with E-state index in [-0.39, 0.29) is 24.2 Å². The lowest BCUT2D eigenvalue weighted by Crippen LogP contribution is -2.33. The highest BCUT2D eigenvalue weighted by molar-refractivity contribution is 5.81. The molecule has 1 heterocycles. The van der Waals surface area contributed by atoms with Gasteiger partial charge in [-0.1, -0.05) is 43.3 Å². The minimum absolute atomic E-state index is 0.0986. The van der Waals surface area contributed by atoms with Crippen LogP contribution in [0.4, 0.5) is 17.6 Å². The number of carbonyl (C=O) groups excluding carboxylic acids is 1. The van der Waals surface area contributed by atoms with Crippen molar-refractivity contribution in [2.75, 3.05) is 6.54 Å². The van der Waals surface area contributed by atoms with Gasteiger partial charge in [-0.2, -0.15) is 18.3 Å². The predicted molar refractivity (Wildman–Crippen MR) is 122 cm³/mol. The zero-order chi connectivity index (χ0) is 24.3. The fourth-order valence-electron chi connectivity index (χ4n) is 4.18. The van der Waals surface area contributed by atoms with Crippen molar-refractivity contribution in [1.29, 1.82) is 0 Å². The standard InChI is InChI=1S/C26H23F4N3O/c1-17(15-31-24(34)14-26(28,29)30)25(18-5-3-2-4-6-18)19-7-12-23-20(13-19)16-32-33(23)22-10-8-21(27)9-11-22/h2-13,16-17,25H,14-15H2,1H3,(H,31,34). The van der Waals surface area contributed by atoms with Crippen LogP contribution in [0.5, 0.6) is 0 Å². The lowest BCUT2D eigenvalue weighted by Gasteiger charge is -2.26. The summed E-state index contributed by atoms with van der Waals surface area (Å²) in [5.41, 5.74) is 3.51. The highest BCUT2D eigenvalue weighted by Gasteiger charge is 2.31. The van der Waals surface area contributed by atoms with Gasteiger partial charge in [0.25, 0.3) is 0 Å². The average molecular weight is 469 g/mol. The maximum atomic E-state index is 13.3. The number of nitrogens with one attached hydrogen (secondary N) is 1. The Hall–Kier alpha value is -3.68. The first-order valence-corrected chi connectivity index (χ1v) is 10.8. The van der Waals surface area contributed by atoms with Gasteiger partial charge in [-0.05, 0) is 53.4 Å². The maximum Gasteiger partial charge on any atom is 0.397 e. The number of hydrogen-bond acceptors (Lipinski definition) is 2. The van der Waals surface area contributed by atoms with Crippen LogP contribution in [0, 0.1) is 11.7 Å². The van der Waals surface area contributed by atoms with Crippen LogP contribution in [-0.2, 0) is 4.79 Å². The van der Waals surface area contributed by atoms with Crippen molar-refractivity contribution in [2.45, 2.75) is 25.4 Å². The lowest BCUT2D eigenvalue weighted by molar-refractivity contribution is -0.153. The Labute approximate surface area is 194 Å². The van der Waals surface area contributed by atoms with Crippen molar-refractivity contribution in [1.82, 2.24) is 15.1 Å². The first-order chi connectivity index (χ1) is 16.2. The van der Waals surface area contributed by atoms with Crippen molar-refractivity contribution in [2.24, 2.45) is 5.92 Å². The van der Waals surface area contributed by atoms with Crippen LogP contribution in [0.2, 0.25) is 0 Å². The summed E-state index contributed by atoms with van der Waals surface area (Å²) < 4.78 is 52.6. The molecule has 1 N–H and O–H groups in total. The molecule has 4 nitrogen and oxygen atoms in total. The summed E-state index contributed by atoms with van der Waals surface area (Å²) in [6.45, 7) is 2.00. The number of amides is 1. The van der Waals surface area contributed by atoms with Crippen LogP contribution >= 0.6 is 0 Å². The molecule has 0 aliphatic rings. The Bertz CT molecular complexity index is 1270. The van der Waals surface area contributed by atoms with Crippen LogP contribution in [0.15, 0.2) is 79.0 Å². The molecule has 0 spiro atoms. The first kappa shape index (κ1) is 23.5. The molecule has 0 saturated carbocycles. The molecule has 0 bridgehead atoms. The van der Waals surface area contributed by atoms with Gasteiger partial charge in [0, 0.05) is 17.8 Å². The zero-order valence-corrected chi connectivity index (χ0v) is 18.4. The highest BCUT2D eigenvalue weighted by Crippen LogP contribution is 2.34. The summed E-state index contributed by atoms with van der Waals surface area (Å²) in [6.07, 6.45) is -4.31. The third-order valence-electron chi connectivity index (χ3n) is 5.73. The minimum atomic E-state index is -4.54. The quantitative estimate of drug-likeness (QED) is 0.338. The Balaban J connectivity index is 1.63. The molecular weight excluding hydrogens is 446 g/mol. The number of fused-ring (bicyclic) bond motifs is 1. The van der Waals surface area contributed by atoms with Gasteiger partial charge >= 0.3 is 6.18 Å². The Morgan fingerprint density at radius 2 is 1.71 bits per heavy atom. The SMILES string of the molecule is CC(CNC(=O)CC(F)(F)F)C(c1ccccc1)c1ccc2c(cnn2-c2ccc(F)cc2)c1. The van der Waals surface area contributed by atoms with Crippen molar-refractivity contribution in [3.05, 3.63) is 95.9 Å². The summed E-state index contributed by atoms with van der Waals surface area (Å²) in [7, 11) is 0. The number of rotatable bonds is 7. The number of aromatic nitrogens is 2. The zero-order valence-electron chi connectivity index (χ0n) is 18.4. The molecule has 0 aliphatic carbocycles. The fourth-order valence-corrected chi connectivity index (χ4v) is 4.18. The van der Waals surface area contributed by atoms with E-state index in [2.05, 4.69) is 10.4 Å². The van der Waals surface area contributed by atoms with Gasteiger partial charge in [0.15, 0.2) is 0 Å². The number of halogens is 4. The Morgan fingerprint density at radius 1 is 1.00 bits per heavy atom. The summed E-state index contributed by atoms with van der Waals surface area (Å²) in [5, 5.41) is 7.73. The second kappa shape index (κ2) is 9.67. The van der Waals surface area contributed by atoms with E-state index >= 15 is 0 Å². The Morgan fingerprint density at radius 3 is 2.38 bits per heavy atom. The van der Waals surface area contributed by atoms with Crippen LogP contribution in [0.25, 0.3) is 16.6 Å². The topological polar surface area (TPSA) is 46.9 Å². The van der Waals surface area contributed by atoms with Crippen LogP contribution in [-0.4, -0.2) is 28.4 Å². The van der Waals surface area contributed by atoms with E-state index in [9.17, 15) is 22.4 Å². The molecule has 1 amide bonds. The molecular formula is C26H23F4N3O. The molecule has 34 heavy (non-hydrogen) atoms. The largest absolute Gasteiger partial charge is 0.397 e. The monoisotopic (exact) mass is 469 g/mol. The summed E-state index contributed by atoms with van der Waals surface area (Å²) in [6, 6.07) is 21.5. The Kier molecular flexibility index (Phi) is 6.68. The molecule has 4 rings (SSSR count). The van der Waals surface area contributed by atoms with Crippen molar-refractivity contribution >= 4 is 16.8 Å². The molecule has 0 fully saturated rings. The molecule has 1 aromatic heterocycles. The van der Waals surface area contributed by atoms with Gasteiger partial charge in [0.05, 0.1) is 17.4 Å². The number of alkyl halides is 3. The number of hydrogen-bond donors (Lipinski definition) is 1. The lowest BCUT2D eigenvalue weighted by atomic mass is 9.81. The van der Waals surface area contributed by atoms with Crippen LogP contribution in [0.1, 0.15) is 30.4 Å². The molecule has 0 saturated heterocycles. The smallest absolute Gasteiger partial charge is 0.356 e. The number of nitrogens with zero attached hydrogens (tertiary/aromatic N) is 2. The van der Waals surface area contributed by atoms with E-state index in [0.29, 0.717) is 0 Å². The average Bonchev–Trinajstić information content (AvgIpc) is 3.21.